The van der Waals surface area contributed by atoms with E-state index < -0.39 is 20.6 Å². The molecule has 8 nitrogen and oxygen atoms in total. The number of rotatable bonds is 4. The predicted octanol–water partition coefficient (Wildman–Crippen LogP) is 2.93. The second-order valence-corrected chi connectivity index (χ2v) is 6.70. The molecule has 2 N–H and O–H groups in total. The smallest absolute Gasteiger partial charge is 0.279 e. The van der Waals surface area contributed by atoms with Gasteiger partial charge >= 0.3 is 0 Å². The Morgan fingerprint density at radius 1 is 1.26 bits per heavy atom. The minimum absolute atomic E-state index is 0.133. The van der Waals surface area contributed by atoms with E-state index in [1.165, 1.54) is 18.3 Å². The maximum Gasteiger partial charge on any atom is 0.289 e. The van der Waals surface area contributed by atoms with E-state index in [2.05, 4.69) is 14.9 Å². The Kier molecular flexibility index (Phi) is 3.66. The molecule has 10 heteroatoms. The molecule has 118 valence electrons. The number of aromatic nitrogens is 2. The number of aromatic amines is 1. The number of benzene rings is 2. The summed E-state index contributed by atoms with van der Waals surface area (Å²) in [5.41, 5.74) is 0.497. The van der Waals surface area contributed by atoms with Crippen LogP contribution >= 0.6 is 11.6 Å². The lowest BCUT2D eigenvalue weighted by Gasteiger charge is -2.09. The van der Waals surface area contributed by atoms with Crippen LogP contribution in [-0.4, -0.2) is 23.5 Å². The highest BCUT2D eigenvalue weighted by atomic mass is 35.5. The van der Waals surface area contributed by atoms with Crippen molar-refractivity contribution in [2.45, 2.75) is 4.90 Å². The second-order valence-electron chi connectivity index (χ2n) is 4.61. The normalized spacial score (nSPS) is 11.5. The molecule has 3 rings (SSSR count). The molecule has 0 saturated carbocycles. The van der Waals surface area contributed by atoms with Crippen LogP contribution in [0.3, 0.4) is 0 Å². The van der Waals surface area contributed by atoms with E-state index in [0.29, 0.717) is 16.6 Å². The van der Waals surface area contributed by atoms with Gasteiger partial charge in [-0.3, -0.25) is 19.9 Å². The molecule has 0 saturated heterocycles. The van der Waals surface area contributed by atoms with E-state index >= 15 is 0 Å². The lowest BCUT2D eigenvalue weighted by Crippen LogP contribution is -2.13. The fourth-order valence-corrected chi connectivity index (χ4v) is 3.35. The number of nitrogens with one attached hydrogen (secondary N) is 2. The fraction of sp³-hybridized carbons (Fsp3) is 0. The average molecular weight is 353 g/mol. The maximum atomic E-state index is 12.4. The predicted molar refractivity (Wildman–Crippen MR) is 85.0 cm³/mol. The van der Waals surface area contributed by atoms with Crippen LogP contribution in [0.25, 0.3) is 10.9 Å². The first-order chi connectivity index (χ1) is 10.9. The van der Waals surface area contributed by atoms with Gasteiger partial charge in [0.1, 0.15) is 5.02 Å². The number of nitrogens with zero attached hydrogens (tertiary/aromatic N) is 2. The Balaban J connectivity index is 2.04. The third-order valence-corrected chi connectivity index (χ3v) is 4.84. The van der Waals surface area contributed by atoms with E-state index in [0.717, 1.165) is 6.07 Å². The van der Waals surface area contributed by atoms with Gasteiger partial charge in [-0.25, -0.2) is 8.42 Å². The van der Waals surface area contributed by atoms with Crippen molar-refractivity contribution >= 4 is 43.9 Å². The molecule has 0 bridgehead atoms. The quantitative estimate of drug-likeness (QED) is 0.552. The molecule has 0 unspecified atom stereocenters. The topological polar surface area (TPSA) is 118 Å². The molecular weight excluding hydrogens is 344 g/mol. The summed E-state index contributed by atoms with van der Waals surface area (Å²) >= 11 is 5.70. The van der Waals surface area contributed by atoms with Crippen molar-refractivity contribution in [2.24, 2.45) is 0 Å². The monoisotopic (exact) mass is 352 g/mol. The largest absolute Gasteiger partial charge is 0.289 e. The molecule has 0 aliphatic heterocycles. The van der Waals surface area contributed by atoms with E-state index in [4.69, 9.17) is 11.6 Å². The zero-order valence-electron chi connectivity index (χ0n) is 11.4. The highest BCUT2D eigenvalue weighted by molar-refractivity contribution is 7.92. The maximum absolute atomic E-state index is 12.4. The summed E-state index contributed by atoms with van der Waals surface area (Å²) in [7, 11) is -4.01. The van der Waals surface area contributed by atoms with E-state index in [1.807, 2.05) is 0 Å². The number of anilines is 1. The molecule has 0 spiro atoms. The van der Waals surface area contributed by atoms with Crippen molar-refractivity contribution in [3.63, 3.8) is 0 Å². The Hall–Kier alpha value is -2.65. The minimum Gasteiger partial charge on any atom is -0.279 e. The van der Waals surface area contributed by atoms with Gasteiger partial charge in [-0.1, -0.05) is 17.7 Å². The molecule has 0 aliphatic carbocycles. The number of H-pyrrole nitrogens is 1. The summed E-state index contributed by atoms with van der Waals surface area (Å²) in [5.74, 6) is 0. The van der Waals surface area contributed by atoms with Crippen LogP contribution < -0.4 is 4.72 Å². The molecule has 0 amide bonds. The minimum atomic E-state index is -4.01. The zero-order valence-corrected chi connectivity index (χ0v) is 12.9. The van der Waals surface area contributed by atoms with Gasteiger partial charge in [-0.05, 0) is 24.3 Å². The van der Waals surface area contributed by atoms with Crippen molar-refractivity contribution in [3.05, 3.63) is 57.7 Å². The lowest BCUT2D eigenvalue weighted by atomic mass is 10.2. The summed E-state index contributed by atoms with van der Waals surface area (Å²) in [6.45, 7) is 0. The summed E-state index contributed by atoms with van der Waals surface area (Å²) in [6.07, 6.45) is 1.48. The van der Waals surface area contributed by atoms with Crippen LogP contribution in [0.15, 0.2) is 47.5 Å². The van der Waals surface area contributed by atoms with Gasteiger partial charge in [0.25, 0.3) is 15.7 Å². The van der Waals surface area contributed by atoms with Gasteiger partial charge in [0.05, 0.1) is 27.2 Å². The first-order valence-corrected chi connectivity index (χ1v) is 8.13. The Labute approximate surface area is 135 Å². The van der Waals surface area contributed by atoms with Crippen molar-refractivity contribution in [1.29, 1.82) is 0 Å². The first-order valence-electron chi connectivity index (χ1n) is 6.27. The van der Waals surface area contributed by atoms with Crippen molar-refractivity contribution in [1.82, 2.24) is 10.2 Å². The Bertz CT molecular complexity index is 1020. The van der Waals surface area contributed by atoms with Gasteiger partial charge in [0.15, 0.2) is 0 Å². The number of halogens is 1. The highest BCUT2D eigenvalue weighted by Crippen LogP contribution is 2.29. The van der Waals surface area contributed by atoms with Crippen LogP contribution in [0.1, 0.15) is 0 Å². The van der Waals surface area contributed by atoms with Crippen LogP contribution in [0.5, 0.6) is 0 Å². The van der Waals surface area contributed by atoms with E-state index in [9.17, 15) is 18.5 Å². The molecule has 1 heterocycles. The van der Waals surface area contributed by atoms with Gasteiger partial charge < -0.3 is 0 Å². The third kappa shape index (κ3) is 2.83. The van der Waals surface area contributed by atoms with Crippen molar-refractivity contribution in [3.8, 4) is 0 Å². The van der Waals surface area contributed by atoms with Crippen LogP contribution in [0.4, 0.5) is 11.4 Å². The van der Waals surface area contributed by atoms with Crippen LogP contribution in [0, 0.1) is 10.1 Å². The summed E-state index contributed by atoms with van der Waals surface area (Å²) in [5, 5.41) is 17.9. The lowest BCUT2D eigenvalue weighted by molar-refractivity contribution is -0.384. The van der Waals surface area contributed by atoms with Crippen molar-refractivity contribution < 1.29 is 13.3 Å². The van der Waals surface area contributed by atoms with Crippen molar-refractivity contribution in [2.75, 3.05) is 4.72 Å². The van der Waals surface area contributed by atoms with Gasteiger partial charge in [-0.15, -0.1) is 0 Å². The average Bonchev–Trinajstić information content (AvgIpc) is 2.96. The zero-order chi connectivity index (χ0) is 16.6. The number of nitro groups is 1. The second kappa shape index (κ2) is 5.52. The summed E-state index contributed by atoms with van der Waals surface area (Å²) in [4.78, 5) is 9.90. The van der Waals surface area contributed by atoms with Gasteiger partial charge in [0, 0.05) is 11.5 Å². The highest BCUT2D eigenvalue weighted by Gasteiger charge is 2.21. The summed E-state index contributed by atoms with van der Waals surface area (Å²) < 4.78 is 27.3. The fourth-order valence-electron chi connectivity index (χ4n) is 2.06. The van der Waals surface area contributed by atoms with Crippen LogP contribution in [-0.2, 0) is 10.0 Å². The summed E-state index contributed by atoms with van der Waals surface area (Å²) in [6, 6.07) is 8.26. The first kappa shape index (κ1) is 15.3. The number of fused-ring (bicyclic) bond motifs is 1. The molecule has 0 radical (unpaired) electrons. The SMILES string of the molecule is O=[N+]([O-])c1cc(S(=O)(=O)Nc2cccc3[nH]ncc23)ccc1Cl. The molecule has 2 aromatic carbocycles. The molecule has 1 aromatic heterocycles. The molecule has 0 fully saturated rings. The molecular formula is C13H9ClN4O4S. The van der Waals surface area contributed by atoms with Gasteiger partial charge in [-0.2, -0.15) is 5.10 Å². The standard InChI is InChI=1S/C13H9ClN4O4S/c14-10-5-4-8(6-13(10)18(19)20)23(21,22)17-12-3-1-2-11-9(12)7-15-16-11/h1-7,17H,(H,15,16). The molecule has 0 aliphatic rings. The molecule has 23 heavy (non-hydrogen) atoms. The number of sulfonamides is 1. The molecule has 0 atom stereocenters. The van der Waals surface area contributed by atoms with Gasteiger partial charge in [0.2, 0.25) is 0 Å². The van der Waals surface area contributed by atoms with Crippen LogP contribution in [0.2, 0.25) is 5.02 Å². The third-order valence-electron chi connectivity index (χ3n) is 3.15. The van der Waals surface area contributed by atoms with E-state index in [-0.39, 0.29) is 9.92 Å². The number of hydrogen-bond acceptors (Lipinski definition) is 5. The number of nitro benzene ring substituents is 1. The Morgan fingerprint density at radius 2 is 2.04 bits per heavy atom. The number of hydrogen-bond donors (Lipinski definition) is 2. The molecule has 3 aromatic rings. The Morgan fingerprint density at radius 3 is 2.78 bits per heavy atom. The van der Waals surface area contributed by atoms with E-state index in [1.54, 1.807) is 18.2 Å².